The lowest BCUT2D eigenvalue weighted by atomic mass is 10.1. The lowest BCUT2D eigenvalue weighted by Crippen LogP contribution is -2.18. The number of methoxy groups -OCH3 is 1. The molecule has 2 heterocycles. The van der Waals surface area contributed by atoms with Gasteiger partial charge in [0.2, 0.25) is 5.88 Å². The standard InChI is InChI=1S/C15H15F3N2O3/c1-8(2)11-7-10(14(21)22-3)12(20-11)9-5-4-6-19-13(9)23-15(16,17)18/h4-8,20H,1-3H3. The van der Waals surface area contributed by atoms with Gasteiger partial charge in [0.1, 0.15) is 0 Å². The minimum absolute atomic E-state index is 0.0251. The highest BCUT2D eigenvalue weighted by atomic mass is 19.4. The Morgan fingerprint density at radius 2 is 2.04 bits per heavy atom. The molecule has 2 rings (SSSR count). The fraction of sp³-hybridized carbons (Fsp3) is 0.333. The van der Waals surface area contributed by atoms with Crippen molar-refractivity contribution in [2.75, 3.05) is 7.11 Å². The molecule has 124 valence electrons. The third kappa shape index (κ3) is 3.82. The maximum atomic E-state index is 12.5. The number of nitrogens with zero attached hydrogens (tertiary/aromatic N) is 1. The monoisotopic (exact) mass is 328 g/mol. The molecule has 1 N–H and O–H groups in total. The number of aromatic nitrogens is 2. The summed E-state index contributed by atoms with van der Waals surface area (Å²) in [5, 5.41) is 0. The predicted octanol–water partition coefficient (Wildman–Crippen LogP) is 3.89. The number of alkyl halides is 3. The van der Waals surface area contributed by atoms with E-state index in [-0.39, 0.29) is 22.7 Å². The molecule has 0 atom stereocenters. The smallest absolute Gasteiger partial charge is 0.465 e. The second-order valence-electron chi connectivity index (χ2n) is 5.06. The highest BCUT2D eigenvalue weighted by Crippen LogP contribution is 2.35. The summed E-state index contributed by atoms with van der Waals surface area (Å²) < 4.78 is 46.2. The van der Waals surface area contributed by atoms with E-state index in [2.05, 4.69) is 19.4 Å². The van der Waals surface area contributed by atoms with Gasteiger partial charge in [-0.05, 0) is 24.1 Å². The zero-order valence-corrected chi connectivity index (χ0v) is 12.7. The van der Waals surface area contributed by atoms with E-state index in [1.807, 2.05) is 13.8 Å². The van der Waals surface area contributed by atoms with Crippen LogP contribution in [0.25, 0.3) is 11.3 Å². The molecule has 5 nitrogen and oxygen atoms in total. The van der Waals surface area contributed by atoms with Crippen LogP contribution in [0.3, 0.4) is 0 Å². The average molecular weight is 328 g/mol. The lowest BCUT2D eigenvalue weighted by molar-refractivity contribution is -0.275. The summed E-state index contributed by atoms with van der Waals surface area (Å²) in [6.07, 6.45) is -3.71. The van der Waals surface area contributed by atoms with E-state index in [1.165, 1.54) is 25.4 Å². The predicted molar refractivity (Wildman–Crippen MR) is 76.1 cm³/mol. The first-order chi connectivity index (χ1) is 10.7. The molecule has 8 heteroatoms. The number of ether oxygens (including phenoxy) is 2. The van der Waals surface area contributed by atoms with E-state index in [9.17, 15) is 18.0 Å². The van der Waals surface area contributed by atoms with Gasteiger partial charge < -0.3 is 14.5 Å². The second kappa shape index (κ2) is 6.31. The minimum Gasteiger partial charge on any atom is -0.465 e. The highest BCUT2D eigenvalue weighted by Gasteiger charge is 2.34. The third-order valence-corrected chi connectivity index (χ3v) is 3.12. The van der Waals surface area contributed by atoms with Crippen molar-refractivity contribution in [2.45, 2.75) is 26.1 Å². The molecule has 2 aromatic heterocycles. The molecule has 0 spiro atoms. The SMILES string of the molecule is COC(=O)c1cc(C(C)C)[nH]c1-c1cccnc1OC(F)(F)F. The number of hydrogen-bond acceptors (Lipinski definition) is 4. The van der Waals surface area contributed by atoms with Gasteiger partial charge in [-0.3, -0.25) is 0 Å². The Hall–Kier alpha value is -2.51. The van der Waals surface area contributed by atoms with Crippen molar-refractivity contribution < 1.29 is 27.4 Å². The van der Waals surface area contributed by atoms with Crippen molar-refractivity contribution in [2.24, 2.45) is 0 Å². The summed E-state index contributed by atoms with van der Waals surface area (Å²) in [4.78, 5) is 18.5. The van der Waals surface area contributed by atoms with Crippen LogP contribution in [-0.2, 0) is 4.74 Å². The van der Waals surface area contributed by atoms with E-state index in [1.54, 1.807) is 6.07 Å². The Morgan fingerprint density at radius 1 is 1.35 bits per heavy atom. The Balaban J connectivity index is 2.60. The van der Waals surface area contributed by atoms with Crippen molar-refractivity contribution in [1.29, 1.82) is 0 Å². The fourth-order valence-electron chi connectivity index (χ4n) is 2.04. The van der Waals surface area contributed by atoms with Gasteiger partial charge in [-0.25, -0.2) is 9.78 Å². The van der Waals surface area contributed by atoms with Crippen LogP contribution >= 0.6 is 0 Å². The second-order valence-corrected chi connectivity index (χ2v) is 5.06. The van der Waals surface area contributed by atoms with Gasteiger partial charge in [0.25, 0.3) is 0 Å². The van der Waals surface area contributed by atoms with Crippen LogP contribution in [0.4, 0.5) is 13.2 Å². The summed E-state index contributed by atoms with van der Waals surface area (Å²) in [5.41, 5.74) is 1.00. The molecule has 0 bridgehead atoms. The summed E-state index contributed by atoms with van der Waals surface area (Å²) in [7, 11) is 1.20. The molecule has 0 radical (unpaired) electrons. The summed E-state index contributed by atoms with van der Waals surface area (Å²) in [5.74, 6) is -1.26. The highest BCUT2D eigenvalue weighted by molar-refractivity contribution is 5.97. The number of carbonyl (C=O) groups is 1. The maximum absolute atomic E-state index is 12.5. The van der Waals surface area contributed by atoms with E-state index in [4.69, 9.17) is 0 Å². The fourth-order valence-corrected chi connectivity index (χ4v) is 2.04. The first-order valence-electron chi connectivity index (χ1n) is 6.75. The van der Waals surface area contributed by atoms with Crippen LogP contribution in [0.2, 0.25) is 0 Å². The normalized spacial score (nSPS) is 11.6. The van der Waals surface area contributed by atoms with Crippen molar-refractivity contribution in [3.8, 4) is 17.1 Å². The van der Waals surface area contributed by atoms with Crippen LogP contribution in [-0.4, -0.2) is 29.4 Å². The minimum atomic E-state index is -4.89. The number of nitrogens with one attached hydrogen (secondary N) is 1. The van der Waals surface area contributed by atoms with Gasteiger partial charge in [0, 0.05) is 11.9 Å². The van der Waals surface area contributed by atoms with Crippen LogP contribution in [0.1, 0.15) is 35.8 Å². The molecule has 0 aliphatic carbocycles. The van der Waals surface area contributed by atoms with Crippen LogP contribution in [0.15, 0.2) is 24.4 Å². The molecule has 0 aliphatic rings. The van der Waals surface area contributed by atoms with Gasteiger partial charge >= 0.3 is 12.3 Å². The van der Waals surface area contributed by atoms with Gasteiger partial charge in [0.05, 0.1) is 23.9 Å². The van der Waals surface area contributed by atoms with Gasteiger partial charge in [-0.1, -0.05) is 13.8 Å². The van der Waals surface area contributed by atoms with Crippen molar-refractivity contribution in [1.82, 2.24) is 9.97 Å². The van der Waals surface area contributed by atoms with E-state index < -0.39 is 18.2 Å². The Morgan fingerprint density at radius 3 is 2.61 bits per heavy atom. The number of H-pyrrole nitrogens is 1. The van der Waals surface area contributed by atoms with Crippen LogP contribution in [0, 0.1) is 0 Å². The molecule has 0 saturated carbocycles. The van der Waals surface area contributed by atoms with Crippen LogP contribution < -0.4 is 4.74 Å². The summed E-state index contributed by atoms with van der Waals surface area (Å²) >= 11 is 0. The Kier molecular flexibility index (Phi) is 4.63. The number of rotatable bonds is 4. The third-order valence-electron chi connectivity index (χ3n) is 3.12. The molecule has 2 aromatic rings. The summed E-state index contributed by atoms with van der Waals surface area (Å²) in [6, 6.07) is 4.39. The van der Waals surface area contributed by atoms with Crippen molar-refractivity contribution in [3.63, 3.8) is 0 Å². The van der Waals surface area contributed by atoms with Gasteiger partial charge in [-0.15, -0.1) is 13.2 Å². The molecule has 0 aliphatic heterocycles. The molecule has 0 saturated heterocycles. The van der Waals surface area contributed by atoms with Crippen molar-refractivity contribution in [3.05, 3.63) is 35.7 Å². The average Bonchev–Trinajstić information content (AvgIpc) is 2.90. The largest absolute Gasteiger partial charge is 0.574 e. The number of hydrogen-bond donors (Lipinski definition) is 1. The lowest BCUT2D eigenvalue weighted by Gasteiger charge is -2.12. The van der Waals surface area contributed by atoms with E-state index >= 15 is 0 Å². The number of halogens is 3. The molecule has 0 unspecified atom stereocenters. The molecular weight excluding hydrogens is 313 g/mol. The number of esters is 1. The zero-order valence-electron chi connectivity index (χ0n) is 12.7. The maximum Gasteiger partial charge on any atom is 0.574 e. The molecule has 0 amide bonds. The van der Waals surface area contributed by atoms with Gasteiger partial charge in [-0.2, -0.15) is 0 Å². The number of aromatic amines is 1. The topological polar surface area (TPSA) is 64.2 Å². The van der Waals surface area contributed by atoms with Gasteiger partial charge in [0.15, 0.2) is 0 Å². The van der Waals surface area contributed by atoms with E-state index in [0.29, 0.717) is 5.69 Å². The first-order valence-corrected chi connectivity index (χ1v) is 6.75. The molecule has 23 heavy (non-hydrogen) atoms. The zero-order chi connectivity index (χ0) is 17.2. The Bertz CT molecular complexity index is 708. The summed E-state index contributed by atoms with van der Waals surface area (Å²) in [6.45, 7) is 3.76. The molecular formula is C15H15F3N2O3. The number of carbonyl (C=O) groups excluding carboxylic acids is 1. The Labute approximate surface area is 130 Å². The van der Waals surface area contributed by atoms with Crippen molar-refractivity contribution >= 4 is 5.97 Å². The molecule has 0 fully saturated rings. The molecule has 0 aromatic carbocycles. The van der Waals surface area contributed by atoms with E-state index in [0.717, 1.165) is 0 Å². The number of pyridine rings is 1. The van der Waals surface area contributed by atoms with Crippen LogP contribution in [0.5, 0.6) is 5.88 Å². The quantitative estimate of drug-likeness (QED) is 0.865. The first kappa shape index (κ1) is 16.9.